The highest BCUT2D eigenvalue weighted by atomic mass is 16.5. The number of piperidine rings is 1. The van der Waals surface area contributed by atoms with Gasteiger partial charge < -0.3 is 4.74 Å². The van der Waals surface area contributed by atoms with Crippen LogP contribution in [0.2, 0.25) is 0 Å². The number of rotatable bonds is 4. The Labute approximate surface area is 113 Å². The summed E-state index contributed by atoms with van der Waals surface area (Å²) >= 11 is 0. The van der Waals surface area contributed by atoms with Crippen molar-refractivity contribution in [1.82, 2.24) is 10.3 Å². The van der Waals surface area contributed by atoms with Gasteiger partial charge in [0.05, 0.1) is 6.10 Å². The van der Waals surface area contributed by atoms with Gasteiger partial charge in [-0.2, -0.15) is 0 Å². The van der Waals surface area contributed by atoms with Crippen LogP contribution in [0, 0.1) is 0 Å². The molecular formula is C14H21N3O2. The molecule has 0 aliphatic carbocycles. The fraction of sp³-hybridized carbons (Fsp3) is 0.500. The number of hydrazine groups is 1. The summed E-state index contributed by atoms with van der Waals surface area (Å²) < 4.78 is 5.36. The first-order chi connectivity index (χ1) is 9.26. The molecule has 5 heteroatoms. The van der Waals surface area contributed by atoms with Crippen LogP contribution in [0.1, 0.15) is 24.4 Å². The van der Waals surface area contributed by atoms with Crippen LogP contribution in [0.25, 0.3) is 0 Å². The molecule has 2 rings (SSSR count). The number of nitrogens with one attached hydrogen (secondary N) is 1. The fourth-order valence-corrected chi connectivity index (χ4v) is 2.61. The number of nitrogens with two attached hydrogens (primary N) is 1. The molecule has 1 aromatic rings. The smallest absolute Gasteiger partial charge is 0.255 e. The minimum Gasteiger partial charge on any atom is -0.381 e. The zero-order chi connectivity index (χ0) is 13.7. The number of benzene rings is 1. The molecule has 1 aliphatic rings. The molecule has 19 heavy (non-hydrogen) atoms. The highest BCUT2D eigenvalue weighted by molar-refractivity contribution is 5.82. The molecule has 1 fully saturated rings. The summed E-state index contributed by atoms with van der Waals surface area (Å²) in [4.78, 5) is 14.2. The molecule has 104 valence electrons. The predicted octanol–water partition coefficient (Wildman–Crippen LogP) is 0.828. The third kappa shape index (κ3) is 3.32. The van der Waals surface area contributed by atoms with E-state index < -0.39 is 0 Å². The molecule has 1 amide bonds. The first-order valence-corrected chi connectivity index (χ1v) is 6.58. The van der Waals surface area contributed by atoms with Crippen LogP contribution in [0.4, 0.5) is 0 Å². The van der Waals surface area contributed by atoms with Gasteiger partial charge in [-0.05, 0) is 18.4 Å². The number of carbonyl (C=O) groups is 1. The third-order valence-corrected chi connectivity index (χ3v) is 3.68. The van der Waals surface area contributed by atoms with Gasteiger partial charge in [0.2, 0.25) is 0 Å². The third-order valence-electron chi connectivity index (χ3n) is 3.68. The van der Waals surface area contributed by atoms with Crippen molar-refractivity contribution >= 4 is 5.91 Å². The van der Waals surface area contributed by atoms with Crippen LogP contribution in [0.5, 0.6) is 0 Å². The van der Waals surface area contributed by atoms with E-state index in [1.807, 2.05) is 30.3 Å². The second-order valence-electron chi connectivity index (χ2n) is 4.79. The largest absolute Gasteiger partial charge is 0.381 e. The summed E-state index contributed by atoms with van der Waals surface area (Å²) in [6.07, 6.45) is 2.18. The van der Waals surface area contributed by atoms with E-state index in [2.05, 4.69) is 10.3 Å². The first-order valence-electron chi connectivity index (χ1n) is 6.58. The Morgan fingerprint density at radius 1 is 1.37 bits per heavy atom. The highest BCUT2D eigenvalue weighted by Crippen LogP contribution is 2.25. The SMILES string of the molecule is COC1CCN(C(C(=O)NN)c2ccccc2)CC1. The summed E-state index contributed by atoms with van der Waals surface area (Å²) in [5, 5.41) is 0. The molecule has 5 nitrogen and oxygen atoms in total. The number of carbonyl (C=O) groups excluding carboxylic acids is 1. The number of amides is 1. The summed E-state index contributed by atoms with van der Waals surface area (Å²) in [7, 11) is 1.74. The fourth-order valence-electron chi connectivity index (χ4n) is 2.61. The molecule has 0 saturated carbocycles. The lowest BCUT2D eigenvalue weighted by Gasteiger charge is -2.36. The second-order valence-corrected chi connectivity index (χ2v) is 4.79. The number of likely N-dealkylation sites (tertiary alicyclic amines) is 1. The van der Waals surface area contributed by atoms with E-state index >= 15 is 0 Å². The van der Waals surface area contributed by atoms with E-state index in [9.17, 15) is 4.79 Å². The summed E-state index contributed by atoms with van der Waals surface area (Å²) in [5.41, 5.74) is 3.25. The van der Waals surface area contributed by atoms with E-state index in [1.54, 1.807) is 7.11 Å². The zero-order valence-electron chi connectivity index (χ0n) is 11.2. The molecule has 0 radical (unpaired) electrons. The zero-order valence-corrected chi connectivity index (χ0v) is 11.2. The van der Waals surface area contributed by atoms with Gasteiger partial charge in [0, 0.05) is 20.2 Å². The molecule has 1 aliphatic heterocycles. The number of nitrogens with zero attached hydrogens (tertiary/aromatic N) is 1. The van der Waals surface area contributed by atoms with Gasteiger partial charge in [-0.3, -0.25) is 15.1 Å². The molecule has 1 atom stereocenters. The van der Waals surface area contributed by atoms with Crippen molar-refractivity contribution in [2.75, 3.05) is 20.2 Å². The van der Waals surface area contributed by atoms with Crippen molar-refractivity contribution in [3.05, 3.63) is 35.9 Å². The van der Waals surface area contributed by atoms with Gasteiger partial charge in [-0.15, -0.1) is 0 Å². The number of ether oxygens (including phenoxy) is 1. The van der Waals surface area contributed by atoms with Crippen LogP contribution in [-0.2, 0) is 9.53 Å². The van der Waals surface area contributed by atoms with Crippen LogP contribution in [0.3, 0.4) is 0 Å². The summed E-state index contributed by atoms with van der Waals surface area (Å²) in [5.74, 6) is 5.15. The minimum atomic E-state index is -0.316. The maximum atomic E-state index is 12.1. The van der Waals surface area contributed by atoms with Gasteiger partial charge in [0.1, 0.15) is 6.04 Å². The molecule has 1 saturated heterocycles. The standard InChI is InChI=1S/C14H21N3O2/c1-19-12-7-9-17(10-8-12)13(14(18)16-15)11-5-3-2-4-6-11/h2-6,12-13H,7-10,15H2,1H3,(H,16,18). The van der Waals surface area contributed by atoms with E-state index in [0.717, 1.165) is 31.5 Å². The average Bonchev–Trinajstić information content (AvgIpc) is 2.49. The average molecular weight is 263 g/mol. The number of methoxy groups -OCH3 is 1. The van der Waals surface area contributed by atoms with Crippen molar-refractivity contribution in [1.29, 1.82) is 0 Å². The molecule has 3 N–H and O–H groups in total. The topological polar surface area (TPSA) is 67.6 Å². The van der Waals surface area contributed by atoms with E-state index in [-0.39, 0.29) is 11.9 Å². The van der Waals surface area contributed by atoms with E-state index in [4.69, 9.17) is 10.6 Å². The monoisotopic (exact) mass is 263 g/mol. The van der Waals surface area contributed by atoms with Crippen LogP contribution in [0.15, 0.2) is 30.3 Å². The number of hydrogen-bond acceptors (Lipinski definition) is 4. The van der Waals surface area contributed by atoms with Crippen LogP contribution < -0.4 is 11.3 Å². The molecule has 1 unspecified atom stereocenters. The maximum absolute atomic E-state index is 12.1. The van der Waals surface area contributed by atoms with E-state index in [1.165, 1.54) is 0 Å². The van der Waals surface area contributed by atoms with Crippen molar-refractivity contribution in [3.63, 3.8) is 0 Å². The Morgan fingerprint density at radius 2 is 2.00 bits per heavy atom. The maximum Gasteiger partial charge on any atom is 0.255 e. The summed E-state index contributed by atoms with van der Waals surface area (Å²) in [6.45, 7) is 1.68. The van der Waals surface area contributed by atoms with E-state index in [0.29, 0.717) is 6.10 Å². The van der Waals surface area contributed by atoms with Crippen molar-refractivity contribution in [2.24, 2.45) is 5.84 Å². The normalized spacial score (nSPS) is 19.1. The lowest BCUT2D eigenvalue weighted by Crippen LogP contribution is -2.47. The molecule has 0 bridgehead atoms. The Kier molecular flexibility index (Phi) is 4.90. The van der Waals surface area contributed by atoms with Gasteiger partial charge in [-0.25, -0.2) is 5.84 Å². The van der Waals surface area contributed by atoms with Crippen molar-refractivity contribution in [2.45, 2.75) is 25.0 Å². The Bertz CT molecular complexity index is 402. The van der Waals surface area contributed by atoms with Crippen molar-refractivity contribution < 1.29 is 9.53 Å². The van der Waals surface area contributed by atoms with Gasteiger partial charge in [-0.1, -0.05) is 30.3 Å². The van der Waals surface area contributed by atoms with Crippen molar-refractivity contribution in [3.8, 4) is 0 Å². The molecule has 0 spiro atoms. The van der Waals surface area contributed by atoms with Crippen LogP contribution >= 0.6 is 0 Å². The Balaban J connectivity index is 2.13. The van der Waals surface area contributed by atoms with Gasteiger partial charge in [0.15, 0.2) is 0 Å². The summed E-state index contributed by atoms with van der Waals surface area (Å²) in [6, 6.07) is 9.43. The lowest BCUT2D eigenvalue weighted by molar-refractivity contribution is -0.127. The molecule has 1 heterocycles. The Hall–Kier alpha value is -1.43. The quantitative estimate of drug-likeness (QED) is 0.479. The highest BCUT2D eigenvalue weighted by Gasteiger charge is 2.30. The van der Waals surface area contributed by atoms with Gasteiger partial charge >= 0.3 is 0 Å². The molecule has 0 aromatic heterocycles. The van der Waals surface area contributed by atoms with Crippen LogP contribution in [-0.4, -0.2) is 37.1 Å². The Morgan fingerprint density at radius 3 is 2.53 bits per heavy atom. The lowest BCUT2D eigenvalue weighted by atomic mass is 10.00. The molecular weight excluding hydrogens is 242 g/mol. The minimum absolute atomic E-state index is 0.165. The second kappa shape index (κ2) is 6.65. The van der Waals surface area contributed by atoms with Gasteiger partial charge in [0.25, 0.3) is 5.91 Å². The number of hydrogen-bond donors (Lipinski definition) is 2. The molecule has 1 aromatic carbocycles. The predicted molar refractivity (Wildman–Crippen MR) is 73.1 cm³/mol. The first kappa shape index (κ1) is 14.0.